The van der Waals surface area contributed by atoms with Gasteiger partial charge in [-0.3, -0.25) is 5.10 Å². The Morgan fingerprint density at radius 2 is 2.07 bits per heavy atom. The lowest BCUT2D eigenvalue weighted by atomic mass is 10.1. The zero-order chi connectivity index (χ0) is 10.7. The number of H-pyrrole nitrogens is 1. The Hall–Kier alpha value is -1.61. The number of benzene rings is 1. The quantitative estimate of drug-likeness (QED) is 0.799. The summed E-state index contributed by atoms with van der Waals surface area (Å²) >= 11 is 0. The second-order valence-electron chi connectivity index (χ2n) is 3.70. The fourth-order valence-corrected chi connectivity index (χ4v) is 1.54. The predicted octanol–water partition coefficient (Wildman–Crippen LogP) is 2.00. The molecule has 1 atom stereocenters. The summed E-state index contributed by atoms with van der Waals surface area (Å²) in [6, 6.07) is 12.0. The molecule has 1 aromatic carbocycles. The smallest absolute Gasteiger partial charge is 0.0923 e. The van der Waals surface area contributed by atoms with Gasteiger partial charge in [-0.1, -0.05) is 30.3 Å². The Balaban J connectivity index is 2.21. The van der Waals surface area contributed by atoms with Crippen LogP contribution in [0.3, 0.4) is 0 Å². The van der Waals surface area contributed by atoms with Crippen molar-refractivity contribution < 1.29 is 5.11 Å². The fraction of sp³-hybridized carbons (Fsp3) is 0.250. The minimum Gasteiger partial charge on any atom is -0.393 e. The summed E-state index contributed by atoms with van der Waals surface area (Å²) in [4.78, 5) is 0. The number of aromatic nitrogens is 2. The summed E-state index contributed by atoms with van der Waals surface area (Å²) in [6.07, 6.45) is 0.272. The van der Waals surface area contributed by atoms with Crippen LogP contribution in [0.25, 0.3) is 11.3 Å². The maximum atomic E-state index is 9.24. The highest BCUT2D eigenvalue weighted by Gasteiger charge is 2.05. The van der Waals surface area contributed by atoms with Crippen LogP contribution in [-0.2, 0) is 6.42 Å². The van der Waals surface area contributed by atoms with E-state index in [0.29, 0.717) is 6.42 Å². The van der Waals surface area contributed by atoms with Crippen molar-refractivity contribution in [2.24, 2.45) is 0 Å². The van der Waals surface area contributed by atoms with Crippen LogP contribution in [0.1, 0.15) is 12.6 Å². The predicted molar refractivity (Wildman–Crippen MR) is 59.4 cm³/mol. The monoisotopic (exact) mass is 202 g/mol. The molecule has 1 aromatic heterocycles. The molecule has 0 saturated carbocycles. The van der Waals surface area contributed by atoms with Gasteiger partial charge in [-0.2, -0.15) is 5.10 Å². The number of aromatic amines is 1. The van der Waals surface area contributed by atoms with Crippen molar-refractivity contribution in [2.75, 3.05) is 0 Å². The van der Waals surface area contributed by atoms with Gasteiger partial charge in [-0.25, -0.2) is 0 Å². The summed E-state index contributed by atoms with van der Waals surface area (Å²) in [6.45, 7) is 1.77. The molecule has 1 heterocycles. The lowest BCUT2D eigenvalue weighted by Crippen LogP contribution is -2.04. The minimum atomic E-state index is -0.339. The molecule has 0 fully saturated rings. The maximum absolute atomic E-state index is 9.24. The Labute approximate surface area is 88.8 Å². The van der Waals surface area contributed by atoms with E-state index in [0.717, 1.165) is 17.0 Å². The molecule has 0 aliphatic heterocycles. The first-order valence-corrected chi connectivity index (χ1v) is 5.03. The van der Waals surface area contributed by atoms with Crippen LogP contribution in [0, 0.1) is 0 Å². The van der Waals surface area contributed by atoms with E-state index in [1.807, 2.05) is 36.4 Å². The molecule has 0 unspecified atom stereocenters. The normalized spacial score (nSPS) is 12.7. The molecule has 0 radical (unpaired) electrons. The third kappa shape index (κ3) is 2.44. The molecule has 2 aromatic rings. The summed E-state index contributed by atoms with van der Waals surface area (Å²) in [7, 11) is 0. The van der Waals surface area contributed by atoms with Crippen LogP contribution in [0.4, 0.5) is 0 Å². The van der Waals surface area contributed by atoms with E-state index in [1.54, 1.807) is 6.92 Å². The third-order valence-corrected chi connectivity index (χ3v) is 2.22. The topological polar surface area (TPSA) is 48.9 Å². The lowest BCUT2D eigenvalue weighted by molar-refractivity contribution is 0.194. The van der Waals surface area contributed by atoms with Gasteiger partial charge in [0, 0.05) is 17.7 Å². The second-order valence-corrected chi connectivity index (χ2v) is 3.70. The highest BCUT2D eigenvalue weighted by Crippen LogP contribution is 2.17. The second kappa shape index (κ2) is 4.28. The molecule has 3 heteroatoms. The van der Waals surface area contributed by atoms with Crippen molar-refractivity contribution in [1.82, 2.24) is 10.2 Å². The van der Waals surface area contributed by atoms with Gasteiger partial charge in [0.05, 0.1) is 11.8 Å². The number of hydrogen-bond donors (Lipinski definition) is 2. The van der Waals surface area contributed by atoms with Crippen LogP contribution in [0.2, 0.25) is 0 Å². The van der Waals surface area contributed by atoms with Crippen LogP contribution in [0.15, 0.2) is 36.4 Å². The Morgan fingerprint density at radius 1 is 1.33 bits per heavy atom. The van der Waals surface area contributed by atoms with Crippen LogP contribution in [-0.4, -0.2) is 21.4 Å². The zero-order valence-corrected chi connectivity index (χ0v) is 8.64. The molecule has 2 rings (SSSR count). The molecule has 0 aliphatic carbocycles. The average molecular weight is 202 g/mol. The number of aliphatic hydroxyl groups is 1. The lowest BCUT2D eigenvalue weighted by Gasteiger charge is -1.98. The van der Waals surface area contributed by atoms with Crippen molar-refractivity contribution >= 4 is 0 Å². The number of aliphatic hydroxyl groups excluding tert-OH is 1. The first-order valence-electron chi connectivity index (χ1n) is 5.03. The Bertz CT molecular complexity index is 420. The van der Waals surface area contributed by atoms with Gasteiger partial charge in [-0.05, 0) is 13.0 Å². The van der Waals surface area contributed by atoms with E-state index in [-0.39, 0.29) is 6.10 Å². The van der Waals surface area contributed by atoms with Crippen LogP contribution >= 0.6 is 0 Å². The Morgan fingerprint density at radius 3 is 2.73 bits per heavy atom. The van der Waals surface area contributed by atoms with E-state index in [9.17, 15) is 5.11 Å². The van der Waals surface area contributed by atoms with Gasteiger partial charge in [-0.15, -0.1) is 0 Å². The maximum Gasteiger partial charge on any atom is 0.0923 e. The zero-order valence-electron chi connectivity index (χ0n) is 8.64. The number of nitrogens with one attached hydrogen (secondary N) is 1. The molecular weight excluding hydrogens is 188 g/mol. The summed E-state index contributed by atoms with van der Waals surface area (Å²) in [5.41, 5.74) is 2.97. The number of nitrogens with zero attached hydrogens (tertiary/aromatic N) is 1. The molecule has 0 bridgehead atoms. The highest BCUT2D eigenvalue weighted by molar-refractivity contribution is 5.58. The average Bonchev–Trinajstić information content (AvgIpc) is 2.67. The van der Waals surface area contributed by atoms with E-state index in [2.05, 4.69) is 10.2 Å². The van der Waals surface area contributed by atoms with E-state index in [4.69, 9.17) is 0 Å². The molecule has 2 N–H and O–H groups in total. The third-order valence-electron chi connectivity index (χ3n) is 2.22. The molecule has 78 valence electrons. The van der Waals surface area contributed by atoms with Gasteiger partial charge in [0.2, 0.25) is 0 Å². The van der Waals surface area contributed by atoms with Gasteiger partial charge in [0.1, 0.15) is 0 Å². The number of hydrogen-bond acceptors (Lipinski definition) is 2. The largest absolute Gasteiger partial charge is 0.393 e. The van der Waals surface area contributed by atoms with Gasteiger partial charge in [0.15, 0.2) is 0 Å². The van der Waals surface area contributed by atoms with E-state index in [1.165, 1.54) is 0 Å². The first kappa shape index (κ1) is 9.93. The molecule has 3 nitrogen and oxygen atoms in total. The summed E-state index contributed by atoms with van der Waals surface area (Å²) < 4.78 is 0. The van der Waals surface area contributed by atoms with Gasteiger partial charge >= 0.3 is 0 Å². The SMILES string of the molecule is C[C@@H](O)Cc1cc(-c2ccccc2)n[nH]1. The Kier molecular flexibility index (Phi) is 2.83. The van der Waals surface area contributed by atoms with Crippen molar-refractivity contribution in [3.8, 4) is 11.3 Å². The molecule has 0 saturated heterocycles. The highest BCUT2D eigenvalue weighted by atomic mass is 16.3. The molecule has 0 amide bonds. The molecule has 0 aliphatic rings. The van der Waals surface area contributed by atoms with E-state index >= 15 is 0 Å². The summed E-state index contributed by atoms with van der Waals surface area (Å²) in [5.74, 6) is 0. The van der Waals surface area contributed by atoms with Crippen molar-refractivity contribution in [1.29, 1.82) is 0 Å². The van der Waals surface area contributed by atoms with Gasteiger partial charge in [0.25, 0.3) is 0 Å². The minimum absolute atomic E-state index is 0.339. The van der Waals surface area contributed by atoms with E-state index < -0.39 is 0 Å². The summed E-state index contributed by atoms with van der Waals surface area (Å²) in [5, 5.41) is 16.4. The van der Waals surface area contributed by atoms with Gasteiger partial charge < -0.3 is 5.11 Å². The molecular formula is C12H14N2O. The number of rotatable bonds is 3. The molecule has 0 spiro atoms. The van der Waals surface area contributed by atoms with Crippen molar-refractivity contribution in [2.45, 2.75) is 19.4 Å². The van der Waals surface area contributed by atoms with Crippen LogP contribution < -0.4 is 0 Å². The van der Waals surface area contributed by atoms with Crippen LogP contribution in [0.5, 0.6) is 0 Å². The fourth-order valence-electron chi connectivity index (χ4n) is 1.54. The molecule has 15 heavy (non-hydrogen) atoms. The standard InChI is InChI=1S/C12H14N2O/c1-9(15)7-11-8-12(14-13-11)10-5-3-2-4-6-10/h2-6,8-9,15H,7H2,1H3,(H,13,14)/t9-/m1/s1. The first-order chi connectivity index (χ1) is 7.25. The van der Waals surface area contributed by atoms with Crippen molar-refractivity contribution in [3.05, 3.63) is 42.1 Å². The van der Waals surface area contributed by atoms with Crippen molar-refractivity contribution in [3.63, 3.8) is 0 Å².